The van der Waals surface area contributed by atoms with Crippen molar-refractivity contribution in [3.8, 4) is 5.75 Å². The normalized spacial score (nSPS) is 18.6. The molecule has 0 heterocycles. The maximum Gasteiger partial charge on any atom is 0.186 e. The van der Waals surface area contributed by atoms with Crippen molar-refractivity contribution in [2.75, 3.05) is 6.61 Å². The first-order valence-electron chi connectivity index (χ1n) is 5.59. The van der Waals surface area contributed by atoms with Gasteiger partial charge in [0.15, 0.2) is 11.1 Å². The lowest BCUT2D eigenvalue weighted by atomic mass is 10.1. The topological polar surface area (TPSA) is 46.5 Å². The van der Waals surface area contributed by atoms with Crippen LogP contribution in [0.4, 0.5) is 0 Å². The Morgan fingerprint density at radius 3 is 2.81 bits per heavy atom. The fourth-order valence-electron chi connectivity index (χ4n) is 2.06. The van der Waals surface area contributed by atoms with E-state index in [1.54, 1.807) is 18.2 Å². The van der Waals surface area contributed by atoms with Crippen molar-refractivity contribution in [3.05, 3.63) is 24.3 Å². The van der Waals surface area contributed by atoms with Crippen LogP contribution in [0.1, 0.15) is 25.7 Å². The van der Waals surface area contributed by atoms with E-state index in [0.717, 1.165) is 6.61 Å². The summed E-state index contributed by atoms with van der Waals surface area (Å²) in [4.78, 5) is 0.393. The highest BCUT2D eigenvalue weighted by Gasteiger charge is 2.15. The molecular weight excluding hydrogens is 224 g/mol. The van der Waals surface area contributed by atoms with E-state index in [1.807, 2.05) is 6.07 Å². The van der Waals surface area contributed by atoms with E-state index in [4.69, 9.17) is 9.29 Å². The Labute approximate surface area is 98.1 Å². The van der Waals surface area contributed by atoms with Crippen molar-refractivity contribution in [2.24, 2.45) is 5.92 Å². The molecule has 1 fully saturated rings. The maximum absolute atomic E-state index is 10.9. The Morgan fingerprint density at radius 1 is 1.38 bits per heavy atom. The van der Waals surface area contributed by atoms with Crippen LogP contribution in [-0.2, 0) is 11.1 Å². The molecule has 0 amide bonds. The van der Waals surface area contributed by atoms with Crippen molar-refractivity contribution >= 4 is 11.1 Å². The minimum absolute atomic E-state index is 0.393. The first-order valence-corrected chi connectivity index (χ1v) is 6.70. The van der Waals surface area contributed by atoms with Crippen LogP contribution in [0.25, 0.3) is 0 Å². The molecule has 1 aliphatic rings. The summed E-state index contributed by atoms with van der Waals surface area (Å²) >= 11 is -1.92. The standard InChI is InChI=1S/C12H16O3S/c13-16(14)12-7-3-6-11(8-12)15-9-10-4-1-2-5-10/h3,6-8,10H,1-2,4-5,9H2,(H,13,14). The Bertz CT molecular complexity index is 372. The summed E-state index contributed by atoms with van der Waals surface area (Å²) in [6.45, 7) is 0.724. The van der Waals surface area contributed by atoms with E-state index in [-0.39, 0.29) is 0 Å². The summed E-state index contributed by atoms with van der Waals surface area (Å²) in [6.07, 6.45) is 5.08. The van der Waals surface area contributed by atoms with Crippen molar-refractivity contribution in [1.29, 1.82) is 0 Å². The van der Waals surface area contributed by atoms with E-state index >= 15 is 0 Å². The van der Waals surface area contributed by atoms with E-state index in [9.17, 15) is 4.21 Å². The van der Waals surface area contributed by atoms with E-state index < -0.39 is 11.1 Å². The Kier molecular flexibility index (Phi) is 3.96. The highest BCUT2D eigenvalue weighted by Crippen LogP contribution is 2.26. The molecule has 1 saturated carbocycles. The fraction of sp³-hybridized carbons (Fsp3) is 0.500. The largest absolute Gasteiger partial charge is 0.493 e. The Morgan fingerprint density at radius 2 is 2.12 bits per heavy atom. The number of hydrogen-bond donors (Lipinski definition) is 1. The van der Waals surface area contributed by atoms with Gasteiger partial charge in [0.25, 0.3) is 0 Å². The summed E-state index contributed by atoms with van der Waals surface area (Å²) in [5.41, 5.74) is 0. The van der Waals surface area contributed by atoms with Gasteiger partial charge in [0, 0.05) is 0 Å². The van der Waals surface area contributed by atoms with E-state index in [1.165, 1.54) is 25.7 Å². The number of rotatable bonds is 4. The molecule has 1 aliphatic carbocycles. The molecule has 88 valence electrons. The first kappa shape index (κ1) is 11.6. The molecule has 1 aromatic rings. The van der Waals surface area contributed by atoms with Crippen LogP contribution in [0, 0.1) is 5.92 Å². The molecule has 1 aromatic carbocycles. The minimum atomic E-state index is -1.92. The molecule has 0 radical (unpaired) electrons. The van der Waals surface area contributed by atoms with Gasteiger partial charge in [-0.05, 0) is 37.0 Å². The molecule has 1 unspecified atom stereocenters. The van der Waals surface area contributed by atoms with Crippen LogP contribution >= 0.6 is 0 Å². The SMILES string of the molecule is O=S(O)c1cccc(OCC2CCCC2)c1. The van der Waals surface area contributed by atoms with Crippen molar-refractivity contribution in [1.82, 2.24) is 0 Å². The van der Waals surface area contributed by atoms with Gasteiger partial charge in [-0.3, -0.25) is 0 Å². The molecule has 0 bridgehead atoms. The van der Waals surface area contributed by atoms with Gasteiger partial charge in [0.2, 0.25) is 0 Å². The quantitative estimate of drug-likeness (QED) is 0.823. The van der Waals surface area contributed by atoms with Gasteiger partial charge in [-0.1, -0.05) is 18.9 Å². The Hall–Kier alpha value is -0.870. The molecule has 0 aromatic heterocycles. The van der Waals surface area contributed by atoms with Crippen LogP contribution in [-0.4, -0.2) is 15.4 Å². The lowest BCUT2D eigenvalue weighted by molar-refractivity contribution is 0.251. The van der Waals surface area contributed by atoms with E-state index in [0.29, 0.717) is 16.6 Å². The predicted octanol–water partition coefficient (Wildman–Crippen LogP) is 2.84. The lowest BCUT2D eigenvalue weighted by Gasteiger charge is -2.11. The second-order valence-corrected chi connectivity index (χ2v) is 5.16. The zero-order valence-electron chi connectivity index (χ0n) is 9.09. The monoisotopic (exact) mass is 240 g/mol. The van der Waals surface area contributed by atoms with Gasteiger partial charge < -0.3 is 9.29 Å². The molecule has 1 atom stereocenters. The molecule has 3 nitrogen and oxygen atoms in total. The zero-order chi connectivity index (χ0) is 11.4. The third kappa shape index (κ3) is 3.06. The second kappa shape index (κ2) is 5.46. The molecule has 1 N–H and O–H groups in total. The number of hydrogen-bond acceptors (Lipinski definition) is 2. The van der Waals surface area contributed by atoms with Crippen LogP contribution in [0.3, 0.4) is 0 Å². The van der Waals surface area contributed by atoms with Gasteiger partial charge in [-0.2, -0.15) is 0 Å². The smallest absolute Gasteiger partial charge is 0.186 e. The zero-order valence-corrected chi connectivity index (χ0v) is 9.91. The van der Waals surface area contributed by atoms with Crippen molar-refractivity contribution < 1.29 is 13.5 Å². The lowest BCUT2D eigenvalue weighted by Crippen LogP contribution is -2.08. The average molecular weight is 240 g/mol. The third-order valence-electron chi connectivity index (χ3n) is 2.97. The average Bonchev–Trinajstić information content (AvgIpc) is 2.79. The molecular formula is C12H16O3S. The minimum Gasteiger partial charge on any atom is -0.493 e. The Balaban J connectivity index is 1.93. The van der Waals surface area contributed by atoms with Crippen molar-refractivity contribution in [2.45, 2.75) is 30.6 Å². The number of ether oxygens (including phenoxy) is 1. The van der Waals surface area contributed by atoms with Crippen LogP contribution < -0.4 is 4.74 Å². The maximum atomic E-state index is 10.9. The summed E-state index contributed by atoms with van der Waals surface area (Å²) in [5, 5.41) is 0. The second-order valence-electron chi connectivity index (χ2n) is 4.19. The first-order chi connectivity index (χ1) is 7.75. The predicted molar refractivity (Wildman–Crippen MR) is 62.9 cm³/mol. The molecule has 4 heteroatoms. The molecule has 0 saturated heterocycles. The molecule has 0 spiro atoms. The summed E-state index contributed by atoms with van der Waals surface area (Å²) in [6, 6.07) is 6.82. The highest BCUT2D eigenvalue weighted by molar-refractivity contribution is 7.79. The van der Waals surface area contributed by atoms with Gasteiger partial charge in [0.05, 0.1) is 11.5 Å². The fourth-order valence-corrected chi connectivity index (χ4v) is 2.48. The van der Waals surface area contributed by atoms with Crippen LogP contribution in [0.5, 0.6) is 5.75 Å². The molecule has 2 rings (SSSR count). The van der Waals surface area contributed by atoms with E-state index in [2.05, 4.69) is 0 Å². The van der Waals surface area contributed by atoms with Crippen LogP contribution in [0.15, 0.2) is 29.2 Å². The molecule has 0 aliphatic heterocycles. The van der Waals surface area contributed by atoms with Gasteiger partial charge >= 0.3 is 0 Å². The summed E-state index contributed by atoms with van der Waals surface area (Å²) < 4.78 is 25.4. The van der Waals surface area contributed by atoms with Gasteiger partial charge in [-0.15, -0.1) is 0 Å². The van der Waals surface area contributed by atoms with Gasteiger partial charge in [0.1, 0.15) is 5.75 Å². The third-order valence-corrected chi connectivity index (χ3v) is 3.62. The summed E-state index contributed by atoms with van der Waals surface area (Å²) in [7, 11) is 0. The highest BCUT2D eigenvalue weighted by atomic mass is 32.2. The van der Waals surface area contributed by atoms with Gasteiger partial charge in [-0.25, -0.2) is 4.21 Å². The molecule has 16 heavy (non-hydrogen) atoms. The summed E-state index contributed by atoms with van der Waals surface area (Å²) in [5.74, 6) is 1.34. The number of benzene rings is 1. The van der Waals surface area contributed by atoms with Crippen LogP contribution in [0.2, 0.25) is 0 Å². The van der Waals surface area contributed by atoms with Crippen molar-refractivity contribution in [3.63, 3.8) is 0 Å².